The Morgan fingerprint density at radius 3 is 2.28 bits per heavy atom. The van der Waals surface area contributed by atoms with Crippen LogP contribution in [0.25, 0.3) is 0 Å². The number of halogens is 3. The maximum absolute atomic E-state index is 14.2. The van der Waals surface area contributed by atoms with Gasteiger partial charge >= 0.3 is 0 Å². The van der Waals surface area contributed by atoms with Crippen LogP contribution in [0.15, 0.2) is 72.8 Å². The number of carbonyl (C=O) groups is 2. The summed E-state index contributed by atoms with van der Waals surface area (Å²) in [5, 5.41) is 3.79. The molecular formula is C28H29Cl2FN2O2S. The highest BCUT2D eigenvalue weighted by Crippen LogP contribution is 2.25. The van der Waals surface area contributed by atoms with Crippen molar-refractivity contribution < 1.29 is 14.0 Å². The Hall–Kier alpha value is -2.54. The van der Waals surface area contributed by atoms with E-state index in [2.05, 4.69) is 5.32 Å². The third-order valence-corrected chi connectivity index (χ3v) is 7.20. The molecule has 1 N–H and O–H groups in total. The third kappa shape index (κ3) is 7.99. The zero-order valence-electron chi connectivity index (χ0n) is 20.2. The van der Waals surface area contributed by atoms with Crippen LogP contribution in [-0.4, -0.2) is 34.6 Å². The first-order valence-corrected chi connectivity index (χ1v) is 13.5. The van der Waals surface area contributed by atoms with Crippen LogP contribution >= 0.6 is 35.0 Å². The van der Waals surface area contributed by atoms with Crippen LogP contribution < -0.4 is 5.32 Å². The smallest absolute Gasteiger partial charge is 0.243 e. The van der Waals surface area contributed by atoms with Crippen molar-refractivity contribution in [3.05, 3.63) is 105 Å². The number of rotatable bonds is 11. The Morgan fingerprint density at radius 1 is 0.944 bits per heavy atom. The number of amides is 2. The Balaban J connectivity index is 1.88. The van der Waals surface area contributed by atoms with Crippen LogP contribution in [0.4, 0.5) is 4.39 Å². The van der Waals surface area contributed by atoms with E-state index in [9.17, 15) is 14.0 Å². The van der Waals surface area contributed by atoms with Gasteiger partial charge in [0.25, 0.3) is 0 Å². The van der Waals surface area contributed by atoms with E-state index in [0.717, 1.165) is 11.1 Å². The van der Waals surface area contributed by atoms with E-state index in [1.165, 1.54) is 17.8 Å². The van der Waals surface area contributed by atoms with Gasteiger partial charge in [-0.3, -0.25) is 9.59 Å². The Labute approximate surface area is 226 Å². The predicted octanol–water partition coefficient (Wildman–Crippen LogP) is 6.53. The van der Waals surface area contributed by atoms with Crippen molar-refractivity contribution in [2.75, 3.05) is 5.75 Å². The lowest BCUT2D eigenvalue weighted by atomic mass is 10.0. The van der Waals surface area contributed by atoms with Crippen LogP contribution in [0.5, 0.6) is 0 Å². The molecule has 0 saturated heterocycles. The molecule has 190 valence electrons. The quantitative estimate of drug-likeness (QED) is 0.297. The molecular weight excluding hydrogens is 518 g/mol. The molecule has 0 saturated carbocycles. The van der Waals surface area contributed by atoms with Gasteiger partial charge in [-0.15, -0.1) is 11.8 Å². The van der Waals surface area contributed by atoms with Gasteiger partial charge in [0.15, 0.2) is 0 Å². The average Bonchev–Trinajstić information content (AvgIpc) is 2.84. The van der Waals surface area contributed by atoms with Gasteiger partial charge in [0.1, 0.15) is 11.9 Å². The maximum atomic E-state index is 14.2. The van der Waals surface area contributed by atoms with Gasteiger partial charge in [0.2, 0.25) is 11.8 Å². The molecule has 3 rings (SSSR count). The van der Waals surface area contributed by atoms with E-state index in [1.807, 2.05) is 62.4 Å². The predicted molar refractivity (Wildman–Crippen MR) is 147 cm³/mol. The number of hydrogen-bond acceptors (Lipinski definition) is 3. The number of nitrogens with zero attached hydrogens (tertiary/aromatic N) is 1. The highest BCUT2D eigenvalue weighted by Gasteiger charge is 2.31. The lowest BCUT2D eigenvalue weighted by Crippen LogP contribution is -2.52. The second-order valence-corrected chi connectivity index (χ2v) is 10.5. The van der Waals surface area contributed by atoms with Crippen molar-refractivity contribution in [1.29, 1.82) is 0 Å². The zero-order valence-corrected chi connectivity index (χ0v) is 22.5. The lowest BCUT2D eigenvalue weighted by molar-refractivity contribution is -0.139. The van der Waals surface area contributed by atoms with E-state index in [4.69, 9.17) is 23.2 Å². The molecule has 1 atom stereocenters. The second-order valence-electron chi connectivity index (χ2n) is 8.67. The molecule has 0 heterocycles. The highest BCUT2D eigenvalue weighted by molar-refractivity contribution is 7.99. The molecule has 4 nitrogen and oxygen atoms in total. The van der Waals surface area contributed by atoms with Gasteiger partial charge in [-0.1, -0.05) is 77.8 Å². The summed E-state index contributed by atoms with van der Waals surface area (Å²) in [4.78, 5) is 28.5. The van der Waals surface area contributed by atoms with Gasteiger partial charge in [-0.2, -0.15) is 0 Å². The van der Waals surface area contributed by atoms with Crippen LogP contribution in [0, 0.1) is 5.82 Å². The topological polar surface area (TPSA) is 49.4 Å². The van der Waals surface area contributed by atoms with Crippen LogP contribution in [0.1, 0.15) is 30.5 Å². The van der Waals surface area contributed by atoms with E-state index >= 15 is 0 Å². The lowest BCUT2D eigenvalue weighted by Gasteiger charge is -2.32. The first-order valence-electron chi connectivity index (χ1n) is 11.6. The maximum Gasteiger partial charge on any atom is 0.243 e. The number of hydrogen-bond donors (Lipinski definition) is 1. The Kier molecular flexibility index (Phi) is 10.7. The van der Waals surface area contributed by atoms with Crippen molar-refractivity contribution in [2.24, 2.45) is 0 Å². The van der Waals surface area contributed by atoms with Crippen molar-refractivity contribution in [3.8, 4) is 0 Å². The van der Waals surface area contributed by atoms with Crippen molar-refractivity contribution in [2.45, 2.75) is 44.6 Å². The standard InChI is InChI=1S/C28H29Cl2FN2O2S/c1-19(2)32-28(35)26(15-20-9-4-3-5-10-20)33(16-21-11-6-7-12-23(21)29)27(34)18-36-17-22-24(30)13-8-14-25(22)31/h3-14,19,26H,15-18H2,1-2H3,(H,32,35). The molecule has 0 aliphatic heterocycles. The fourth-order valence-corrected chi connectivity index (χ4v) is 5.18. The number of benzene rings is 3. The summed E-state index contributed by atoms with van der Waals surface area (Å²) < 4.78 is 14.2. The molecule has 8 heteroatoms. The molecule has 3 aromatic rings. The minimum Gasteiger partial charge on any atom is -0.352 e. The molecule has 0 radical (unpaired) electrons. The van der Waals surface area contributed by atoms with E-state index < -0.39 is 11.9 Å². The third-order valence-electron chi connectivity index (χ3n) is 5.53. The van der Waals surface area contributed by atoms with Crippen LogP contribution in [0.2, 0.25) is 10.0 Å². The summed E-state index contributed by atoms with van der Waals surface area (Å²) in [6, 6.07) is 20.5. The zero-order chi connectivity index (χ0) is 26.1. The van der Waals surface area contributed by atoms with Crippen LogP contribution in [-0.2, 0) is 28.3 Å². The molecule has 3 aromatic carbocycles. The molecule has 2 amide bonds. The van der Waals surface area contributed by atoms with Gasteiger partial charge in [-0.25, -0.2) is 4.39 Å². The molecule has 1 unspecified atom stereocenters. The van der Waals surface area contributed by atoms with Crippen molar-refractivity contribution in [3.63, 3.8) is 0 Å². The molecule has 0 aliphatic carbocycles. The number of thioether (sulfide) groups is 1. The summed E-state index contributed by atoms with van der Waals surface area (Å²) in [6.45, 7) is 3.93. The number of nitrogens with one attached hydrogen (secondary N) is 1. The first-order chi connectivity index (χ1) is 17.3. The monoisotopic (exact) mass is 546 g/mol. The van der Waals surface area contributed by atoms with Gasteiger partial charge in [-0.05, 0) is 43.2 Å². The molecule has 36 heavy (non-hydrogen) atoms. The molecule has 0 aliphatic rings. The second kappa shape index (κ2) is 13.7. The fourth-order valence-electron chi connectivity index (χ4n) is 3.74. The largest absolute Gasteiger partial charge is 0.352 e. The number of carbonyl (C=O) groups excluding carboxylic acids is 2. The fraction of sp³-hybridized carbons (Fsp3) is 0.286. The Morgan fingerprint density at radius 2 is 1.61 bits per heavy atom. The average molecular weight is 548 g/mol. The summed E-state index contributed by atoms with van der Waals surface area (Å²) in [7, 11) is 0. The minimum atomic E-state index is -0.753. The molecule has 0 spiro atoms. The first kappa shape index (κ1) is 28.0. The molecule has 0 aromatic heterocycles. The SMILES string of the molecule is CC(C)NC(=O)C(Cc1ccccc1)N(Cc1ccccc1Cl)C(=O)CSCc1c(F)cccc1Cl. The van der Waals surface area contributed by atoms with Gasteiger partial charge in [0, 0.05) is 40.4 Å². The Bertz CT molecular complexity index is 1160. The summed E-state index contributed by atoms with van der Waals surface area (Å²) in [5.41, 5.74) is 2.03. The normalized spacial score (nSPS) is 11.8. The van der Waals surface area contributed by atoms with E-state index in [0.29, 0.717) is 22.0 Å². The van der Waals surface area contributed by atoms with Gasteiger partial charge in [0.05, 0.1) is 5.75 Å². The summed E-state index contributed by atoms with van der Waals surface area (Å²) in [5.74, 6) is -0.606. The minimum absolute atomic E-state index is 0.0510. The van der Waals surface area contributed by atoms with E-state index in [-0.39, 0.29) is 35.9 Å². The van der Waals surface area contributed by atoms with Crippen molar-refractivity contribution in [1.82, 2.24) is 10.2 Å². The van der Waals surface area contributed by atoms with Gasteiger partial charge < -0.3 is 10.2 Å². The summed E-state index contributed by atoms with van der Waals surface area (Å²) in [6.07, 6.45) is 0.347. The van der Waals surface area contributed by atoms with Crippen molar-refractivity contribution >= 4 is 46.8 Å². The van der Waals surface area contributed by atoms with Crippen LogP contribution in [0.3, 0.4) is 0 Å². The molecule has 0 fully saturated rings. The highest BCUT2D eigenvalue weighted by atomic mass is 35.5. The summed E-state index contributed by atoms with van der Waals surface area (Å²) >= 11 is 13.8. The van der Waals surface area contributed by atoms with E-state index in [1.54, 1.807) is 23.1 Å². The molecule has 0 bridgehead atoms.